The molecule has 3 N–H and O–H groups in total. The summed E-state index contributed by atoms with van der Waals surface area (Å²) >= 11 is 0. The van der Waals surface area contributed by atoms with Crippen LogP contribution in [0.3, 0.4) is 0 Å². The molecule has 4 nitrogen and oxygen atoms in total. The van der Waals surface area contributed by atoms with Crippen LogP contribution < -0.4 is 5.73 Å². The number of aliphatic hydroxyl groups excluding tert-OH is 1. The van der Waals surface area contributed by atoms with Crippen molar-refractivity contribution in [1.82, 2.24) is 4.90 Å². The molecule has 1 heterocycles. The zero-order chi connectivity index (χ0) is 11.6. The average molecular weight is 226 g/mol. The number of hydrogen-bond acceptors (Lipinski definition) is 3. The predicted octanol–water partition coefficient (Wildman–Crippen LogP) is 0.489. The Morgan fingerprint density at radius 1 is 1.31 bits per heavy atom. The minimum Gasteiger partial charge on any atom is -0.394 e. The molecule has 1 aliphatic heterocycles. The van der Waals surface area contributed by atoms with Gasteiger partial charge in [0.25, 0.3) is 0 Å². The van der Waals surface area contributed by atoms with Crippen LogP contribution in [-0.4, -0.2) is 41.1 Å². The molecule has 0 bridgehead atoms. The smallest absolute Gasteiger partial charge is 0.225 e. The second-order valence-corrected chi connectivity index (χ2v) is 5.33. The van der Waals surface area contributed by atoms with Crippen molar-refractivity contribution in [3.63, 3.8) is 0 Å². The van der Waals surface area contributed by atoms with Crippen molar-refractivity contribution in [2.75, 3.05) is 19.7 Å². The first kappa shape index (κ1) is 11.9. The summed E-state index contributed by atoms with van der Waals surface area (Å²) in [6, 6.07) is 0. The van der Waals surface area contributed by atoms with E-state index in [1.54, 1.807) is 0 Å². The zero-order valence-corrected chi connectivity index (χ0v) is 9.82. The van der Waals surface area contributed by atoms with E-state index in [2.05, 4.69) is 0 Å². The lowest BCUT2D eigenvalue weighted by molar-refractivity contribution is -0.136. The third kappa shape index (κ3) is 2.38. The summed E-state index contributed by atoms with van der Waals surface area (Å²) in [5, 5.41) is 9.17. The first-order valence-electron chi connectivity index (χ1n) is 6.33. The molecule has 1 amide bonds. The van der Waals surface area contributed by atoms with Crippen molar-refractivity contribution in [1.29, 1.82) is 0 Å². The predicted molar refractivity (Wildman–Crippen MR) is 61.8 cm³/mol. The van der Waals surface area contributed by atoms with E-state index < -0.39 is 5.54 Å². The van der Waals surface area contributed by atoms with Crippen LogP contribution in [0, 0.1) is 5.92 Å². The molecular weight excluding hydrogens is 204 g/mol. The third-order valence-corrected chi connectivity index (χ3v) is 4.06. The highest BCUT2D eigenvalue weighted by molar-refractivity contribution is 5.79. The van der Waals surface area contributed by atoms with Crippen LogP contribution in [0.25, 0.3) is 0 Å². The van der Waals surface area contributed by atoms with E-state index in [1.165, 1.54) is 0 Å². The van der Waals surface area contributed by atoms with E-state index in [4.69, 9.17) is 10.8 Å². The van der Waals surface area contributed by atoms with Crippen LogP contribution in [0.5, 0.6) is 0 Å². The van der Waals surface area contributed by atoms with Crippen molar-refractivity contribution in [3.05, 3.63) is 0 Å². The van der Waals surface area contributed by atoms with Gasteiger partial charge in [0.05, 0.1) is 6.61 Å². The Morgan fingerprint density at radius 3 is 2.38 bits per heavy atom. The second-order valence-electron chi connectivity index (χ2n) is 5.33. The molecular formula is C12H22N2O2. The number of aliphatic hydroxyl groups is 1. The maximum atomic E-state index is 12.1. The zero-order valence-electron chi connectivity index (χ0n) is 9.82. The highest BCUT2D eigenvalue weighted by atomic mass is 16.3. The van der Waals surface area contributed by atoms with E-state index >= 15 is 0 Å². The van der Waals surface area contributed by atoms with Crippen molar-refractivity contribution >= 4 is 5.91 Å². The first-order valence-corrected chi connectivity index (χ1v) is 6.33. The van der Waals surface area contributed by atoms with E-state index in [1.807, 2.05) is 4.90 Å². The lowest BCUT2D eigenvalue weighted by Crippen LogP contribution is -2.48. The molecule has 0 unspecified atom stereocenters. The van der Waals surface area contributed by atoms with Crippen LogP contribution >= 0.6 is 0 Å². The molecule has 0 aromatic rings. The second kappa shape index (κ2) is 4.72. The Morgan fingerprint density at radius 2 is 1.88 bits per heavy atom. The fourth-order valence-corrected chi connectivity index (χ4v) is 2.79. The van der Waals surface area contributed by atoms with Gasteiger partial charge in [0.15, 0.2) is 0 Å². The van der Waals surface area contributed by atoms with Gasteiger partial charge in [-0.3, -0.25) is 4.79 Å². The van der Waals surface area contributed by atoms with E-state index in [0.717, 1.165) is 51.6 Å². The summed E-state index contributed by atoms with van der Waals surface area (Å²) in [5.41, 5.74) is 5.57. The molecule has 0 aromatic heterocycles. The molecule has 1 saturated carbocycles. The summed E-state index contributed by atoms with van der Waals surface area (Å²) in [6.07, 6.45) is 5.52. The van der Waals surface area contributed by atoms with Crippen molar-refractivity contribution < 1.29 is 9.90 Å². The number of likely N-dealkylation sites (tertiary alicyclic amines) is 1. The standard InChI is InChI=1S/C12H22N2O2/c13-12(9-15)5-3-10(4-6-12)11(16)14-7-1-2-8-14/h10,15H,1-9,13H2. The fourth-order valence-electron chi connectivity index (χ4n) is 2.79. The quantitative estimate of drug-likeness (QED) is 0.720. The molecule has 0 spiro atoms. The highest BCUT2D eigenvalue weighted by Gasteiger charge is 2.35. The van der Waals surface area contributed by atoms with Gasteiger partial charge in [0, 0.05) is 24.5 Å². The summed E-state index contributed by atoms with van der Waals surface area (Å²) in [7, 11) is 0. The largest absolute Gasteiger partial charge is 0.394 e. The Balaban J connectivity index is 1.86. The van der Waals surface area contributed by atoms with Crippen LogP contribution in [0.15, 0.2) is 0 Å². The third-order valence-electron chi connectivity index (χ3n) is 4.06. The lowest BCUT2D eigenvalue weighted by atomic mass is 9.77. The van der Waals surface area contributed by atoms with Crippen LogP contribution in [0.1, 0.15) is 38.5 Å². The number of nitrogens with two attached hydrogens (primary N) is 1. The molecule has 1 saturated heterocycles. The van der Waals surface area contributed by atoms with Gasteiger partial charge in [-0.1, -0.05) is 0 Å². The number of nitrogens with zero attached hydrogens (tertiary/aromatic N) is 1. The van der Waals surface area contributed by atoms with E-state index in [-0.39, 0.29) is 12.5 Å². The van der Waals surface area contributed by atoms with Gasteiger partial charge < -0.3 is 15.7 Å². The molecule has 16 heavy (non-hydrogen) atoms. The Hall–Kier alpha value is -0.610. The lowest BCUT2D eigenvalue weighted by Gasteiger charge is -2.36. The first-order chi connectivity index (χ1) is 7.64. The highest BCUT2D eigenvalue weighted by Crippen LogP contribution is 2.31. The van der Waals surface area contributed by atoms with E-state index in [9.17, 15) is 4.79 Å². The average Bonchev–Trinajstić information content (AvgIpc) is 2.83. The minimum absolute atomic E-state index is 0.0393. The van der Waals surface area contributed by atoms with Gasteiger partial charge in [0.1, 0.15) is 0 Å². The van der Waals surface area contributed by atoms with Crippen LogP contribution in [0.4, 0.5) is 0 Å². The monoisotopic (exact) mass is 226 g/mol. The molecule has 0 atom stereocenters. The molecule has 2 fully saturated rings. The number of rotatable bonds is 2. The molecule has 0 radical (unpaired) electrons. The molecule has 1 aliphatic carbocycles. The Bertz CT molecular complexity index is 254. The van der Waals surface area contributed by atoms with Gasteiger partial charge in [-0.15, -0.1) is 0 Å². The molecule has 0 aromatic carbocycles. The minimum atomic E-state index is -0.429. The van der Waals surface area contributed by atoms with Gasteiger partial charge in [0.2, 0.25) is 5.91 Å². The summed E-state index contributed by atoms with van der Waals surface area (Å²) in [5.74, 6) is 0.471. The number of carbonyl (C=O) groups is 1. The molecule has 2 rings (SSSR count). The Kier molecular flexibility index (Phi) is 3.50. The van der Waals surface area contributed by atoms with Crippen LogP contribution in [0.2, 0.25) is 0 Å². The fraction of sp³-hybridized carbons (Fsp3) is 0.917. The summed E-state index contributed by atoms with van der Waals surface area (Å²) in [4.78, 5) is 14.1. The van der Waals surface area contributed by atoms with Gasteiger partial charge >= 0.3 is 0 Å². The maximum Gasteiger partial charge on any atom is 0.225 e. The van der Waals surface area contributed by atoms with E-state index in [0.29, 0.717) is 5.91 Å². The summed E-state index contributed by atoms with van der Waals surface area (Å²) < 4.78 is 0. The number of hydrogen-bond donors (Lipinski definition) is 2. The van der Waals surface area contributed by atoms with Crippen molar-refractivity contribution in [2.24, 2.45) is 11.7 Å². The number of amides is 1. The maximum absolute atomic E-state index is 12.1. The van der Waals surface area contributed by atoms with Gasteiger partial charge in [-0.2, -0.15) is 0 Å². The van der Waals surface area contributed by atoms with Crippen molar-refractivity contribution in [2.45, 2.75) is 44.1 Å². The summed E-state index contributed by atoms with van der Waals surface area (Å²) in [6.45, 7) is 1.91. The van der Waals surface area contributed by atoms with Gasteiger partial charge in [-0.25, -0.2) is 0 Å². The normalized spacial score (nSPS) is 35.4. The van der Waals surface area contributed by atoms with Gasteiger partial charge in [-0.05, 0) is 38.5 Å². The molecule has 2 aliphatic rings. The molecule has 4 heteroatoms. The molecule has 92 valence electrons. The van der Waals surface area contributed by atoms with Crippen LogP contribution in [-0.2, 0) is 4.79 Å². The Labute approximate surface area is 96.8 Å². The van der Waals surface area contributed by atoms with Crippen molar-refractivity contribution in [3.8, 4) is 0 Å². The SMILES string of the molecule is NC1(CO)CCC(C(=O)N2CCCC2)CC1. The topological polar surface area (TPSA) is 66.6 Å². The number of carbonyl (C=O) groups excluding carboxylic acids is 1.